The Morgan fingerprint density at radius 3 is 1.94 bits per heavy atom. The largest absolute Gasteiger partial charge is 0.478 e. The highest BCUT2D eigenvalue weighted by Gasteiger charge is 2.37. The van der Waals surface area contributed by atoms with Crippen molar-refractivity contribution in [2.45, 2.75) is 58.3 Å². The van der Waals surface area contributed by atoms with E-state index < -0.39 is 5.97 Å². The summed E-state index contributed by atoms with van der Waals surface area (Å²) in [5, 5.41) is 9.13. The summed E-state index contributed by atoms with van der Waals surface area (Å²) in [6.45, 7) is 19.3. The molecule has 1 aliphatic rings. The summed E-state index contributed by atoms with van der Waals surface area (Å²) in [4.78, 5) is 11.6. The first kappa shape index (κ1) is 26.1. The summed E-state index contributed by atoms with van der Waals surface area (Å²) in [6, 6.07) is 4.38. The molecule has 0 aromatic heterocycles. The van der Waals surface area contributed by atoms with Crippen molar-refractivity contribution in [1.29, 1.82) is 0 Å². The molecule has 0 atom stereocenters. The van der Waals surface area contributed by atoms with Gasteiger partial charge in [0.2, 0.25) is 0 Å². The van der Waals surface area contributed by atoms with E-state index in [1.807, 2.05) is 6.92 Å². The second kappa shape index (κ2) is 9.35. The Morgan fingerprint density at radius 2 is 1.48 bits per heavy atom. The van der Waals surface area contributed by atoms with Gasteiger partial charge in [0.25, 0.3) is 0 Å². The van der Waals surface area contributed by atoms with Gasteiger partial charge in [0.05, 0.1) is 21.5 Å². The Labute approximate surface area is 205 Å². The van der Waals surface area contributed by atoms with Gasteiger partial charge in [0, 0.05) is 5.03 Å². The molecule has 0 saturated carbocycles. The first-order chi connectivity index (χ1) is 14.2. The molecule has 2 nitrogen and oxygen atoms in total. The van der Waals surface area contributed by atoms with Crippen LogP contribution < -0.4 is 0 Å². The van der Waals surface area contributed by atoms with E-state index >= 15 is 0 Å². The van der Waals surface area contributed by atoms with Gasteiger partial charge < -0.3 is 5.11 Å². The monoisotopic (exact) mass is 500 g/mol. The number of carboxylic acid groups (broad SMARTS) is 1. The van der Waals surface area contributed by atoms with Crippen LogP contribution in [0.3, 0.4) is 0 Å². The molecular weight excluding hydrogens is 474 g/mol. The lowest BCUT2D eigenvalue weighted by Crippen LogP contribution is -2.34. The predicted molar refractivity (Wildman–Crippen MR) is 135 cm³/mol. The number of alkyl halides is 1. The third kappa shape index (κ3) is 5.09. The number of benzene rings is 1. The molecule has 1 aromatic carbocycles. The number of aliphatic carboxylic acids is 1. The average Bonchev–Trinajstić information content (AvgIpc) is 2.69. The lowest BCUT2D eigenvalue weighted by molar-refractivity contribution is -0.132. The fourth-order valence-electron chi connectivity index (χ4n) is 3.98. The Morgan fingerprint density at radius 1 is 1.00 bits per heavy atom. The maximum absolute atomic E-state index is 11.6. The van der Waals surface area contributed by atoms with Crippen molar-refractivity contribution in [3.8, 4) is 0 Å². The van der Waals surface area contributed by atoms with Crippen LogP contribution in [0, 0.1) is 6.92 Å². The fraction of sp³-hybridized carbons (Fsp3) is 0.400. The van der Waals surface area contributed by atoms with Crippen LogP contribution in [0.25, 0.3) is 5.57 Å². The standard InChI is InChI=1S/C25H28Cl4O2/c1-13-10-17-18(25(6,7)9-8-24(17,4)5)11-16(13)14(2)15(3)21(28)22(29)20(23(30)31)19(27)12-26/h10-11H,2-3,8-9,12H2,1,4-7H3,(H,30,31)/b20-19-,22-21-. The van der Waals surface area contributed by atoms with Crippen LogP contribution >= 0.6 is 46.4 Å². The van der Waals surface area contributed by atoms with Crippen molar-refractivity contribution in [3.63, 3.8) is 0 Å². The molecule has 0 radical (unpaired) electrons. The molecule has 0 amide bonds. The summed E-state index contributed by atoms with van der Waals surface area (Å²) in [5.74, 6) is -1.52. The lowest BCUT2D eigenvalue weighted by Gasteiger charge is -2.42. The third-order valence-corrected chi connectivity index (χ3v) is 7.79. The summed E-state index contributed by atoms with van der Waals surface area (Å²) in [7, 11) is 0. The number of aryl methyl sites for hydroxylation is 1. The molecule has 0 heterocycles. The van der Waals surface area contributed by atoms with Gasteiger partial charge in [0.15, 0.2) is 0 Å². The van der Waals surface area contributed by atoms with Crippen molar-refractivity contribution in [2.24, 2.45) is 0 Å². The Kier molecular flexibility index (Phi) is 7.86. The van der Waals surface area contributed by atoms with Crippen molar-refractivity contribution >= 4 is 57.9 Å². The van der Waals surface area contributed by atoms with Crippen LogP contribution in [0.5, 0.6) is 0 Å². The minimum absolute atomic E-state index is 0.0240. The summed E-state index contributed by atoms with van der Waals surface area (Å²) in [6.07, 6.45) is 2.20. The van der Waals surface area contributed by atoms with Crippen molar-refractivity contribution in [2.75, 3.05) is 5.88 Å². The highest BCUT2D eigenvalue weighted by Crippen LogP contribution is 2.48. The van der Waals surface area contributed by atoms with E-state index in [0.29, 0.717) is 11.1 Å². The Balaban J connectivity index is 2.60. The SMILES string of the molecule is C=C(C(=C)c1cc2c(cc1C)C(C)(C)CCC2(C)C)/C(Cl)=C(Cl)\C(C(=O)O)=C(\Cl)CCl. The van der Waals surface area contributed by atoms with E-state index in [1.165, 1.54) is 11.1 Å². The maximum Gasteiger partial charge on any atom is 0.338 e. The molecule has 31 heavy (non-hydrogen) atoms. The quantitative estimate of drug-likeness (QED) is 0.241. The molecule has 0 spiro atoms. The van der Waals surface area contributed by atoms with E-state index in [0.717, 1.165) is 24.0 Å². The molecule has 168 valence electrons. The number of fused-ring (bicyclic) bond motifs is 1. The molecule has 1 aromatic rings. The number of allylic oxidation sites excluding steroid dienone is 4. The number of hydrogen-bond acceptors (Lipinski definition) is 1. The summed E-state index contributed by atoms with van der Waals surface area (Å²) < 4.78 is 0. The number of rotatable bonds is 6. The van der Waals surface area contributed by atoms with E-state index in [-0.39, 0.29) is 37.4 Å². The van der Waals surface area contributed by atoms with Gasteiger partial charge in [-0.05, 0) is 64.0 Å². The van der Waals surface area contributed by atoms with E-state index in [9.17, 15) is 9.90 Å². The Hall–Kier alpha value is -1.19. The number of hydrogen-bond donors (Lipinski definition) is 1. The minimum Gasteiger partial charge on any atom is -0.478 e. The first-order valence-corrected chi connectivity index (χ1v) is 11.6. The van der Waals surface area contributed by atoms with Gasteiger partial charge in [-0.15, -0.1) is 11.6 Å². The highest BCUT2D eigenvalue weighted by atomic mass is 35.5. The minimum atomic E-state index is -1.32. The molecule has 0 unspecified atom stereocenters. The van der Waals surface area contributed by atoms with Crippen LogP contribution in [0.2, 0.25) is 0 Å². The lowest BCUT2D eigenvalue weighted by atomic mass is 9.62. The Bertz CT molecular complexity index is 1030. The molecule has 0 aliphatic heterocycles. The van der Waals surface area contributed by atoms with Crippen molar-refractivity contribution < 1.29 is 9.90 Å². The van der Waals surface area contributed by atoms with Gasteiger partial charge in [-0.2, -0.15) is 0 Å². The van der Waals surface area contributed by atoms with Crippen LogP contribution in [0.4, 0.5) is 0 Å². The topological polar surface area (TPSA) is 37.3 Å². The van der Waals surface area contributed by atoms with Gasteiger partial charge >= 0.3 is 5.97 Å². The molecule has 6 heteroatoms. The van der Waals surface area contributed by atoms with Crippen molar-refractivity contribution in [3.05, 3.63) is 73.8 Å². The fourth-order valence-corrected chi connectivity index (χ4v) is 4.86. The molecule has 1 N–H and O–H groups in total. The smallest absolute Gasteiger partial charge is 0.338 e. The first-order valence-electron chi connectivity index (χ1n) is 9.93. The van der Waals surface area contributed by atoms with Crippen LogP contribution in [0.1, 0.15) is 62.8 Å². The molecule has 0 bridgehead atoms. The molecule has 0 saturated heterocycles. The van der Waals surface area contributed by atoms with Crippen LogP contribution in [-0.2, 0) is 15.6 Å². The van der Waals surface area contributed by atoms with E-state index in [2.05, 4.69) is 53.0 Å². The zero-order chi connectivity index (χ0) is 23.9. The van der Waals surface area contributed by atoms with Crippen LogP contribution in [-0.4, -0.2) is 17.0 Å². The van der Waals surface area contributed by atoms with Crippen LogP contribution in [0.15, 0.2) is 51.5 Å². The van der Waals surface area contributed by atoms with Gasteiger partial charge in [-0.3, -0.25) is 0 Å². The summed E-state index contributed by atoms with van der Waals surface area (Å²) >= 11 is 24.4. The molecule has 0 fully saturated rings. The summed E-state index contributed by atoms with van der Waals surface area (Å²) in [5.41, 5.74) is 5.25. The second-order valence-electron chi connectivity index (χ2n) is 9.28. The average molecular weight is 502 g/mol. The van der Waals surface area contributed by atoms with Crippen molar-refractivity contribution in [1.82, 2.24) is 0 Å². The molecule has 2 rings (SSSR count). The van der Waals surface area contributed by atoms with Gasteiger partial charge in [-0.1, -0.05) is 87.8 Å². The van der Waals surface area contributed by atoms with E-state index in [4.69, 9.17) is 46.4 Å². The predicted octanol–water partition coefficient (Wildman–Crippen LogP) is 8.42. The number of halogens is 4. The van der Waals surface area contributed by atoms with Gasteiger partial charge in [0.1, 0.15) is 0 Å². The third-order valence-electron chi connectivity index (χ3n) is 6.17. The van der Waals surface area contributed by atoms with E-state index in [1.54, 1.807) is 0 Å². The zero-order valence-corrected chi connectivity index (χ0v) is 21.6. The molecular formula is C25H28Cl4O2. The maximum atomic E-state index is 11.6. The molecule has 1 aliphatic carbocycles. The highest BCUT2D eigenvalue weighted by molar-refractivity contribution is 6.46. The normalized spacial score (nSPS) is 18.5. The zero-order valence-electron chi connectivity index (χ0n) is 18.6. The second-order valence-corrected chi connectivity index (χ2v) is 10.8. The van der Waals surface area contributed by atoms with Gasteiger partial charge in [-0.25, -0.2) is 4.79 Å². The number of carbonyl (C=O) groups is 1. The number of carboxylic acids is 1.